The minimum atomic E-state index is -0.216. The fraction of sp³-hybridized carbons (Fsp3) is 0.316. The van der Waals surface area contributed by atoms with Crippen LogP contribution in [0.25, 0.3) is 0 Å². The third-order valence-corrected chi connectivity index (χ3v) is 4.22. The molecule has 1 saturated heterocycles. The first-order chi connectivity index (χ1) is 13.1. The van der Waals surface area contributed by atoms with E-state index in [-0.39, 0.29) is 12.1 Å². The molecule has 0 bridgehead atoms. The van der Waals surface area contributed by atoms with Crippen LogP contribution in [0.4, 0.5) is 10.5 Å². The van der Waals surface area contributed by atoms with E-state index in [0.29, 0.717) is 48.1 Å². The van der Waals surface area contributed by atoms with E-state index in [1.54, 1.807) is 49.5 Å². The Morgan fingerprint density at radius 3 is 2.81 bits per heavy atom. The quantitative estimate of drug-likeness (QED) is 0.871. The Labute approximate surface area is 157 Å². The van der Waals surface area contributed by atoms with Crippen molar-refractivity contribution >= 4 is 11.7 Å². The fourth-order valence-electron chi connectivity index (χ4n) is 2.84. The van der Waals surface area contributed by atoms with Crippen molar-refractivity contribution in [2.75, 3.05) is 32.6 Å². The van der Waals surface area contributed by atoms with Crippen molar-refractivity contribution in [3.8, 4) is 23.4 Å². The minimum absolute atomic E-state index is 0.164. The highest BCUT2D eigenvalue weighted by atomic mass is 16.5. The van der Waals surface area contributed by atoms with Gasteiger partial charge in [0.25, 0.3) is 0 Å². The number of ether oxygens (including phenoxy) is 3. The van der Waals surface area contributed by atoms with Gasteiger partial charge in [0, 0.05) is 37.0 Å². The fourth-order valence-corrected chi connectivity index (χ4v) is 2.84. The number of carbonyl (C=O) groups excluding carboxylic acids is 1. The molecule has 1 unspecified atom stereocenters. The SMILES string of the molecule is COc1ccc(NC(=O)N2CCC(Oc3cc(C#N)ccn3)C2)cc1OC. The number of pyridine rings is 1. The van der Waals surface area contributed by atoms with E-state index >= 15 is 0 Å². The van der Waals surface area contributed by atoms with Crippen LogP contribution in [0.5, 0.6) is 17.4 Å². The van der Waals surface area contributed by atoms with Crippen LogP contribution in [0.3, 0.4) is 0 Å². The van der Waals surface area contributed by atoms with Crippen LogP contribution < -0.4 is 19.5 Å². The van der Waals surface area contributed by atoms with Crippen LogP contribution in [0, 0.1) is 11.3 Å². The Hall–Kier alpha value is -3.47. The smallest absolute Gasteiger partial charge is 0.321 e. The summed E-state index contributed by atoms with van der Waals surface area (Å²) < 4.78 is 16.2. The molecule has 27 heavy (non-hydrogen) atoms. The van der Waals surface area contributed by atoms with Crippen molar-refractivity contribution in [3.05, 3.63) is 42.1 Å². The van der Waals surface area contributed by atoms with Crippen LogP contribution in [0.15, 0.2) is 36.5 Å². The van der Waals surface area contributed by atoms with Gasteiger partial charge >= 0.3 is 6.03 Å². The molecule has 1 N–H and O–H groups in total. The largest absolute Gasteiger partial charge is 0.493 e. The maximum Gasteiger partial charge on any atom is 0.321 e. The molecule has 1 aliphatic heterocycles. The van der Waals surface area contributed by atoms with E-state index in [1.165, 1.54) is 6.20 Å². The van der Waals surface area contributed by atoms with Gasteiger partial charge in [0.15, 0.2) is 11.5 Å². The predicted octanol–water partition coefficient (Wildman–Crippen LogP) is 2.66. The van der Waals surface area contributed by atoms with Gasteiger partial charge in [-0.05, 0) is 18.2 Å². The first-order valence-electron chi connectivity index (χ1n) is 8.43. The molecule has 2 heterocycles. The van der Waals surface area contributed by atoms with Gasteiger partial charge < -0.3 is 24.4 Å². The zero-order valence-corrected chi connectivity index (χ0v) is 15.1. The number of likely N-dealkylation sites (tertiary alicyclic amines) is 1. The zero-order valence-electron chi connectivity index (χ0n) is 15.1. The molecule has 1 aromatic heterocycles. The number of nitrogens with one attached hydrogen (secondary N) is 1. The highest BCUT2D eigenvalue weighted by Crippen LogP contribution is 2.30. The number of methoxy groups -OCH3 is 2. The van der Waals surface area contributed by atoms with E-state index in [1.807, 2.05) is 0 Å². The Morgan fingerprint density at radius 2 is 2.07 bits per heavy atom. The van der Waals surface area contributed by atoms with Crippen LogP contribution in [0.1, 0.15) is 12.0 Å². The molecule has 0 saturated carbocycles. The number of hydrogen-bond donors (Lipinski definition) is 1. The number of nitrogens with zero attached hydrogens (tertiary/aromatic N) is 3. The van der Waals surface area contributed by atoms with Crippen molar-refractivity contribution in [2.24, 2.45) is 0 Å². The van der Waals surface area contributed by atoms with Gasteiger partial charge in [-0.1, -0.05) is 0 Å². The summed E-state index contributed by atoms with van der Waals surface area (Å²) in [5.41, 5.74) is 1.10. The third-order valence-electron chi connectivity index (χ3n) is 4.22. The molecule has 8 nitrogen and oxygen atoms in total. The normalized spacial score (nSPS) is 15.7. The highest BCUT2D eigenvalue weighted by molar-refractivity contribution is 5.90. The summed E-state index contributed by atoms with van der Waals surface area (Å²) in [4.78, 5) is 18.3. The van der Waals surface area contributed by atoms with Gasteiger partial charge in [0.2, 0.25) is 5.88 Å². The van der Waals surface area contributed by atoms with E-state index in [2.05, 4.69) is 16.4 Å². The lowest BCUT2D eigenvalue weighted by Gasteiger charge is -2.18. The second kappa shape index (κ2) is 8.27. The number of carbonyl (C=O) groups is 1. The number of benzene rings is 1. The Morgan fingerprint density at radius 1 is 1.26 bits per heavy atom. The van der Waals surface area contributed by atoms with Gasteiger partial charge in [-0.3, -0.25) is 0 Å². The highest BCUT2D eigenvalue weighted by Gasteiger charge is 2.28. The van der Waals surface area contributed by atoms with Crippen LogP contribution in [-0.4, -0.2) is 49.3 Å². The number of nitriles is 1. The summed E-state index contributed by atoms with van der Waals surface area (Å²) >= 11 is 0. The van der Waals surface area contributed by atoms with Gasteiger partial charge in [0.05, 0.1) is 32.4 Å². The lowest BCUT2D eigenvalue weighted by molar-refractivity contribution is 0.190. The lowest BCUT2D eigenvalue weighted by atomic mass is 10.3. The van der Waals surface area contributed by atoms with Gasteiger partial charge in [-0.15, -0.1) is 0 Å². The van der Waals surface area contributed by atoms with Gasteiger partial charge in [-0.2, -0.15) is 5.26 Å². The Balaban J connectivity index is 1.58. The monoisotopic (exact) mass is 368 g/mol. The third kappa shape index (κ3) is 4.39. The molecule has 1 fully saturated rings. The summed E-state index contributed by atoms with van der Waals surface area (Å²) in [6, 6.07) is 10.2. The number of hydrogen-bond acceptors (Lipinski definition) is 6. The lowest BCUT2D eigenvalue weighted by Crippen LogP contribution is -2.34. The number of amides is 2. The van der Waals surface area contributed by atoms with E-state index in [0.717, 1.165) is 0 Å². The van der Waals surface area contributed by atoms with Crippen molar-refractivity contribution in [1.29, 1.82) is 5.26 Å². The molecule has 0 radical (unpaired) electrons. The summed E-state index contributed by atoms with van der Waals surface area (Å²) in [6.07, 6.45) is 2.06. The van der Waals surface area contributed by atoms with E-state index in [9.17, 15) is 4.79 Å². The molecule has 2 amide bonds. The van der Waals surface area contributed by atoms with E-state index in [4.69, 9.17) is 19.5 Å². The standard InChI is InChI=1S/C19H20N4O4/c1-25-16-4-3-14(10-17(16)26-2)22-19(24)23-8-6-15(12-23)27-18-9-13(11-20)5-7-21-18/h3-5,7,9-10,15H,6,8,12H2,1-2H3,(H,22,24). The molecule has 1 aliphatic rings. The van der Waals surface area contributed by atoms with Crippen molar-refractivity contribution in [3.63, 3.8) is 0 Å². The van der Waals surface area contributed by atoms with Crippen molar-refractivity contribution in [1.82, 2.24) is 9.88 Å². The van der Waals surface area contributed by atoms with Crippen molar-refractivity contribution < 1.29 is 19.0 Å². The number of anilines is 1. The molecule has 3 rings (SSSR count). The van der Waals surface area contributed by atoms with E-state index < -0.39 is 0 Å². The molecule has 8 heteroatoms. The molecule has 1 atom stereocenters. The Bertz CT molecular complexity index is 865. The van der Waals surface area contributed by atoms with Gasteiger partial charge in [0.1, 0.15) is 6.10 Å². The van der Waals surface area contributed by atoms with Crippen LogP contribution in [-0.2, 0) is 0 Å². The minimum Gasteiger partial charge on any atom is -0.493 e. The second-order valence-corrected chi connectivity index (χ2v) is 5.97. The molecular formula is C19H20N4O4. The predicted molar refractivity (Wildman–Crippen MR) is 98.1 cm³/mol. The molecule has 0 spiro atoms. The van der Waals surface area contributed by atoms with Crippen LogP contribution >= 0.6 is 0 Å². The second-order valence-electron chi connectivity index (χ2n) is 5.97. The first kappa shape index (κ1) is 18.3. The number of urea groups is 1. The molecule has 2 aromatic rings. The molecular weight excluding hydrogens is 348 g/mol. The average Bonchev–Trinajstić information content (AvgIpc) is 3.16. The maximum atomic E-state index is 12.5. The zero-order chi connectivity index (χ0) is 19.2. The Kier molecular flexibility index (Phi) is 5.61. The first-order valence-corrected chi connectivity index (χ1v) is 8.43. The summed E-state index contributed by atoms with van der Waals surface area (Å²) in [7, 11) is 3.10. The summed E-state index contributed by atoms with van der Waals surface area (Å²) in [6.45, 7) is 1.01. The number of rotatable bonds is 5. The molecule has 140 valence electrons. The topological polar surface area (TPSA) is 96.7 Å². The van der Waals surface area contributed by atoms with Crippen molar-refractivity contribution in [2.45, 2.75) is 12.5 Å². The van der Waals surface area contributed by atoms with Crippen LogP contribution in [0.2, 0.25) is 0 Å². The maximum absolute atomic E-state index is 12.5. The average molecular weight is 368 g/mol. The van der Waals surface area contributed by atoms with Gasteiger partial charge in [-0.25, -0.2) is 9.78 Å². The number of aromatic nitrogens is 1. The molecule has 0 aliphatic carbocycles. The molecule has 1 aromatic carbocycles. The summed E-state index contributed by atoms with van der Waals surface area (Å²) in [5, 5.41) is 11.8. The summed E-state index contributed by atoms with van der Waals surface area (Å²) in [5.74, 6) is 1.53.